The van der Waals surface area contributed by atoms with Gasteiger partial charge in [0.15, 0.2) is 0 Å². The van der Waals surface area contributed by atoms with Gasteiger partial charge in [0.2, 0.25) is 5.91 Å². The van der Waals surface area contributed by atoms with Gasteiger partial charge in [-0.05, 0) is 18.2 Å². The number of nitrogens with two attached hydrogens (primary N) is 2. The molecule has 7 N–H and O–H groups in total. The van der Waals surface area contributed by atoms with Gasteiger partial charge in [-0.3, -0.25) is 4.79 Å². The molecule has 0 spiro atoms. The van der Waals surface area contributed by atoms with Crippen molar-refractivity contribution in [1.82, 2.24) is 5.32 Å². The molecule has 0 heterocycles. The summed E-state index contributed by atoms with van der Waals surface area (Å²) in [5.74, 6) is -0.530. The summed E-state index contributed by atoms with van der Waals surface area (Å²) in [6.45, 7) is 0.731. The summed E-state index contributed by atoms with van der Waals surface area (Å²) in [7, 11) is 0. The van der Waals surface area contributed by atoms with Gasteiger partial charge in [-0.1, -0.05) is 12.2 Å². The Morgan fingerprint density at radius 1 is 1.26 bits per heavy atom. The van der Waals surface area contributed by atoms with E-state index in [0.29, 0.717) is 23.5 Å². The minimum Gasteiger partial charge on any atom is -0.465 e. The van der Waals surface area contributed by atoms with Crippen molar-refractivity contribution < 1.29 is 14.7 Å². The number of hydrogen-bond donors (Lipinski definition) is 5. The van der Waals surface area contributed by atoms with E-state index in [9.17, 15) is 9.59 Å². The van der Waals surface area contributed by atoms with Crippen molar-refractivity contribution in [3.63, 3.8) is 0 Å². The van der Waals surface area contributed by atoms with Crippen molar-refractivity contribution in [2.45, 2.75) is 0 Å². The molecule has 0 saturated carbocycles. The summed E-state index contributed by atoms with van der Waals surface area (Å²) >= 11 is 0. The van der Waals surface area contributed by atoms with Gasteiger partial charge in [-0.2, -0.15) is 0 Å². The number of benzene rings is 1. The van der Waals surface area contributed by atoms with Crippen LogP contribution in [0.15, 0.2) is 30.4 Å². The fourth-order valence-corrected chi connectivity index (χ4v) is 1.36. The number of carbonyl (C=O) groups is 2. The van der Waals surface area contributed by atoms with Crippen LogP contribution in [-0.2, 0) is 0 Å². The zero-order valence-electron chi connectivity index (χ0n) is 10.2. The summed E-state index contributed by atoms with van der Waals surface area (Å²) in [4.78, 5) is 21.1. The Morgan fingerprint density at radius 3 is 2.53 bits per heavy atom. The Morgan fingerprint density at radius 2 is 1.95 bits per heavy atom. The summed E-state index contributed by atoms with van der Waals surface area (Å²) < 4.78 is 0. The van der Waals surface area contributed by atoms with Crippen molar-refractivity contribution in [2.24, 2.45) is 5.73 Å². The third kappa shape index (κ3) is 4.99. The lowest BCUT2D eigenvalue weighted by Crippen LogP contribution is -2.20. The number of rotatable bonds is 6. The number of anilines is 2. The highest BCUT2D eigenvalue weighted by Crippen LogP contribution is 2.19. The zero-order chi connectivity index (χ0) is 14.3. The number of nitrogens with one attached hydrogen (secondary N) is 2. The number of primary amides is 1. The molecule has 0 atom stereocenters. The SMILES string of the molecule is NC(=O)c1ccc(NCC=CCNC(=O)O)c(N)c1. The number of amides is 2. The third-order valence-electron chi connectivity index (χ3n) is 2.28. The Kier molecular flexibility index (Phi) is 5.21. The van der Waals surface area contributed by atoms with Crippen LogP contribution in [0.2, 0.25) is 0 Å². The zero-order valence-corrected chi connectivity index (χ0v) is 10.2. The Balaban J connectivity index is 2.45. The molecule has 0 fully saturated rings. The average Bonchev–Trinajstić information content (AvgIpc) is 2.34. The highest BCUT2D eigenvalue weighted by Gasteiger charge is 2.03. The summed E-state index contributed by atoms with van der Waals surface area (Å²) in [5.41, 5.74) is 12.3. The van der Waals surface area contributed by atoms with E-state index in [4.69, 9.17) is 16.6 Å². The lowest BCUT2D eigenvalue weighted by Gasteiger charge is -2.08. The first-order valence-electron chi connectivity index (χ1n) is 5.55. The predicted octanol–water partition coefficient (Wildman–Crippen LogP) is 0.603. The maximum Gasteiger partial charge on any atom is 0.404 e. The number of carboxylic acid groups (broad SMARTS) is 1. The molecule has 1 rings (SSSR count). The third-order valence-corrected chi connectivity index (χ3v) is 2.28. The maximum atomic E-state index is 10.9. The predicted molar refractivity (Wildman–Crippen MR) is 73.0 cm³/mol. The van der Waals surface area contributed by atoms with Crippen molar-refractivity contribution in [3.8, 4) is 0 Å². The first-order valence-corrected chi connectivity index (χ1v) is 5.55. The largest absolute Gasteiger partial charge is 0.465 e. The van der Waals surface area contributed by atoms with E-state index in [0.717, 1.165) is 0 Å². The van der Waals surface area contributed by atoms with Gasteiger partial charge in [0.1, 0.15) is 0 Å². The minimum atomic E-state index is -1.07. The Hall–Kier alpha value is -2.70. The minimum absolute atomic E-state index is 0.243. The van der Waals surface area contributed by atoms with Crippen LogP contribution in [0.25, 0.3) is 0 Å². The van der Waals surface area contributed by atoms with Crippen LogP contribution in [0.3, 0.4) is 0 Å². The van der Waals surface area contributed by atoms with Gasteiger partial charge in [0.05, 0.1) is 11.4 Å². The van der Waals surface area contributed by atoms with Crippen molar-refractivity contribution in [3.05, 3.63) is 35.9 Å². The molecule has 1 aromatic carbocycles. The standard InChI is InChI=1S/C12H16N4O3/c13-9-7-8(11(14)17)3-4-10(9)15-5-1-2-6-16-12(18)19/h1-4,7,15-16H,5-6,13H2,(H2,14,17)(H,18,19). The van der Waals surface area contributed by atoms with Gasteiger partial charge in [-0.25, -0.2) is 4.79 Å². The summed E-state index contributed by atoms with van der Waals surface area (Å²) in [6.07, 6.45) is 2.37. The van der Waals surface area contributed by atoms with Gasteiger partial charge < -0.3 is 27.2 Å². The molecule has 0 aromatic heterocycles. The highest BCUT2D eigenvalue weighted by atomic mass is 16.4. The molecule has 0 unspecified atom stereocenters. The number of hydrogen-bond acceptors (Lipinski definition) is 4. The summed E-state index contributed by atoms with van der Waals surface area (Å²) in [6, 6.07) is 4.75. The molecule has 7 nitrogen and oxygen atoms in total. The van der Waals surface area contributed by atoms with E-state index in [1.807, 2.05) is 0 Å². The molecule has 102 valence electrons. The number of nitrogen functional groups attached to an aromatic ring is 1. The van der Waals surface area contributed by atoms with Crippen LogP contribution in [0.1, 0.15) is 10.4 Å². The molecule has 19 heavy (non-hydrogen) atoms. The molecule has 0 saturated heterocycles. The van der Waals surface area contributed by atoms with Gasteiger partial charge in [0, 0.05) is 18.7 Å². The van der Waals surface area contributed by atoms with Crippen LogP contribution >= 0.6 is 0 Å². The van der Waals surface area contributed by atoms with Crippen molar-refractivity contribution in [1.29, 1.82) is 0 Å². The molecule has 2 amide bonds. The fourth-order valence-electron chi connectivity index (χ4n) is 1.36. The molecule has 0 aliphatic heterocycles. The van der Waals surface area contributed by atoms with Gasteiger partial charge in [-0.15, -0.1) is 0 Å². The van der Waals surface area contributed by atoms with Crippen LogP contribution < -0.4 is 22.1 Å². The van der Waals surface area contributed by atoms with Gasteiger partial charge in [0.25, 0.3) is 0 Å². The monoisotopic (exact) mass is 264 g/mol. The van der Waals surface area contributed by atoms with E-state index >= 15 is 0 Å². The van der Waals surface area contributed by atoms with Crippen LogP contribution in [0.5, 0.6) is 0 Å². The highest BCUT2D eigenvalue weighted by molar-refractivity contribution is 5.94. The van der Waals surface area contributed by atoms with E-state index in [2.05, 4.69) is 10.6 Å². The lowest BCUT2D eigenvalue weighted by atomic mass is 10.1. The Labute approximate surface area is 110 Å². The first kappa shape index (κ1) is 14.4. The topological polar surface area (TPSA) is 130 Å². The van der Waals surface area contributed by atoms with E-state index in [1.54, 1.807) is 24.3 Å². The molecule has 0 aliphatic rings. The van der Waals surface area contributed by atoms with Crippen molar-refractivity contribution in [2.75, 3.05) is 24.1 Å². The van der Waals surface area contributed by atoms with Crippen LogP contribution in [0, 0.1) is 0 Å². The second-order valence-corrected chi connectivity index (χ2v) is 3.70. The average molecular weight is 264 g/mol. The molecular formula is C12H16N4O3. The van der Waals surface area contributed by atoms with Gasteiger partial charge >= 0.3 is 6.09 Å². The Bertz CT molecular complexity index is 500. The lowest BCUT2D eigenvalue weighted by molar-refractivity contribution is 0.100. The molecule has 0 aliphatic carbocycles. The second-order valence-electron chi connectivity index (χ2n) is 3.70. The fraction of sp³-hybridized carbons (Fsp3) is 0.167. The number of carbonyl (C=O) groups excluding carboxylic acids is 1. The van der Waals surface area contributed by atoms with E-state index < -0.39 is 12.0 Å². The normalized spacial score (nSPS) is 10.3. The van der Waals surface area contributed by atoms with E-state index in [-0.39, 0.29) is 6.54 Å². The van der Waals surface area contributed by atoms with E-state index in [1.165, 1.54) is 6.07 Å². The smallest absolute Gasteiger partial charge is 0.404 e. The van der Waals surface area contributed by atoms with Crippen LogP contribution in [-0.4, -0.2) is 30.2 Å². The molecular weight excluding hydrogens is 248 g/mol. The molecule has 7 heteroatoms. The van der Waals surface area contributed by atoms with Crippen molar-refractivity contribution >= 4 is 23.4 Å². The molecule has 0 bridgehead atoms. The quantitative estimate of drug-likeness (QED) is 0.379. The first-order chi connectivity index (χ1) is 9.00. The molecule has 1 aromatic rings. The second kappa shape index (κ2) is 6.90. The van der Waals surface area contributed by atoms with Crippen LogP contribution in [0.4, 0.5) is 16.2 Å². The summed E-state index contributed by atoms with van der Waals surface area (Å²) in [5, 5.41) is 13.6. The molecule has 0 radical (unpaired) electrons. The maximum absolute atomic E-state index is 10.9.